The predicted octanol–water partition coefficient (Wildman–Crippen LogP) is 4.74. The molecule has 1 atom stereocenters. The van der Waals surface area contributed by atoms with Crippen molar-refractivity contribution in [1.29, 1.82) is 0 Å². The van der Waals surface area contributed by atoms with Crippen LogP contribution < -0.4 is 10.2 Å². The topological polar surface area (TPSA) is 49.7 Å². The molecule has 2 aromatic carbocycles. The lowest BCUT2D eigenvalue weighted by Crippen LogP contribution is -2.27. The van der Waals surface area contributed by atoms with E-state index in [4.69, 9.17) is 14.2 Å². The summed E-state index contributed by atoms with van der Waals surface area (Å²) in [6.07, 6.45) is 4.32. The molecule has 166 valence electrons. The van der Waals surface area contributed by atoms with Gasteiger partial charge < -0.3 is 18.8 Å². The number of hydrogen-bond acceptors (Lipinski definition) is 4. The van der Waals surface area contributed by atoms with Gasteiger partial charge in [0.1, 0.15) is 6.61 Å². The number of nitrogens with zero attached hydrogens (tertiary/aromatic N) is 1. The van der Waals surface area contributed by atoms with Crippen molar-refractivity contribution in [3.63, 3.8) is 0 Å². The maximum absolute atomic E-state index is 12.4. The van der Waals surface area contributed by atoms with E-state index >= 15 is 0 Å². The van der Waals surface area contributed by atoms with Gasteiger partial charge in [-0.2, -0.15) is 0 Å². The Morgan fingerprint density at radius 2 is 1.84 bits per heavy atom. The number of benzene rings is 2. The van der Waals surface area contributed by atoms with Crippen molar-refractivity contribution in [3.8, 4) is 17.1 Å². The zero-order valence-electron chi connectivity index (χ0n) is 18.3. The highest BCUT2D eigenvalue weighted by molar-refractivity contribution is 5.67. The predicted molar refractivity (Wildman–Crippen MR) is 124 cm³/mol. The minimum atomic E-state index is -0.0288. The summed E-state index contributed by atoms with van der Waals surface area (Å²) in [6, 6.07) is 19.9. The number of hydrogen-bond donors (Lipinski definition) is 0. The fraction of sp³-hybridized carbons (Fsp3) is 0.370. The highest BCUT2D eigenvalue weighted by Crippen LogP contribution is 2.32. The Balaban J connectivity index is 1.30. The fourth-order valence-electron chi connectivity index (χ4n) is 4.55. The molecule has 2 aliphatic heterocycles. The second-order valence-corrected chi connectivity index (χ2v) is 8.59. The first kappa shape index (κ1) is 21.0. The Kier molecular flexibility index (Phi) is 6.37. The van der Waals surface area contributed by atoms with Crippen LogP contribution in [0.1, 0.15) is 36.0 Å². The summed E-state index contributed by atoms with van der Waals surface area (Å²) in [5.74, 6) is 0.641. The largest absolute Gasteiger partial charge is 0.476 e. The van der Waals surface area contributed by atoms with Crippen LogP contribution in [0.2, 0.25) is 0 Å². The second-order valence-electron chi connectivity index (χ2n) is 8.59. The molecule has 3 aromatic rings. The molecule has 0 N–H and O–H groups in total. The van der Waals surface area contributed by atoms with Crippen LogP contribution in [0.5, 0.6) is 5.88 Å². The maximum atomic E-state index is 12.4. The van der Waals surface area contributed by atoms with Crippen molar-refractivity contribution < 1.29 is 14.2 Å². The zero-order chi connectivity index (χ0) is 21.8. The third-order valence-corrected chi connectivity index (χ3v) is 6.22. The molecule has 1 aromatic heterocycles. The van der Waals surface area contributed by atoms with Crippen LogP contribution in [0.15, 0.2) is 65.5 Å². The van der Waals surface area contributed by atoms with Crippen LogP contribution in [-0.2, 0) is 35.7 Å². The molecule has 2 aliphatic rings. The van der Waals surface area contributed by atoms with Gasteiger partial charge in [-0.1, -0.05) is 48.5 Å². The van der Waals surface area contributed by atoms with Gasteiger partial charge in [0.25, 0.3) is 0 Å². The number of aryl methyl sites for hydroxylation is 1. The molecule has 0 radical (unpaired) electrons. The van der Waals surface area contributed by atoms with Crippen molar-refractivity contribution >= 4 is 0 Å². The molecule has 5 rings (SSSR count). The van der Waals surface area contributed by atoms with Crippen LogP contribution in [-0.4, -0.2) is 23.9 Å². The van der Waals surface area contributed by atoms with E-state index in [0.29, 0.717) is 25.7 Å². The average Bonchev–Trinajstić information content (AvgIpc) is 2.83. The molecule has 3 heterocycles. The van der Waals surface area contributed by atoms with Crippen molar-refractivity contribution in [3.05, 3.63) is 87.6 Å². The maximum Gasteiger partial charge on any atom is 0.197 e. The van der Waals surface area contributed by atoms with E-state index in [1.165, 1.54) is 17.5 Å². The van der Waals surface area contributed by atoms with Crippen LogP contribution in [0.25, 0.3) is 11.3 Å². The number of pyridine rings is 1. The molecule has 0 saturated carbocycles. The number of rotatable bonds is 7. The van der Waals surface area contributed by atoms with Gasteiger partial charge in [0.2, 0.25) is 0 Å². The number of aromatic nitrogens is 1. The van der Waals surface area contributed by atoms with Gasteiger partial charge >= 0.3 is 0 Å². The van der Waals surface area contributed by atoms with Crippen LogP contribution in [0, 0.1) is 0 Å². The highest BCUT2D eigenvalue weighted by Gasteiger charge is 2.21. The Morgan fingerprint density at radius 3 is 2.69 bits per heavy atom. The molecule has 32 heavy (non-hydrogen) atoms. The zero-order valence-corrected chi connectivity index (χ0v) is 18.3. The summed E-state index contributed by atoms with van der Waals surface area (Å²) in [5.41, 5.74) is 5.56. The lowest BCUT2D eigenvalue weighted by molar-refractivity contribution is -0.0127. The van der Waals surface area contributed by atoms with E-state index in [1.54, 1.807) is 12.1 Å². The summed E-state index contributed by atoms with van der Waals surface area (Å²) in [7, 11) is 0. The van der Waals surface area contributed by atoms with Crippen LogP contribution in [0.3, 0.4) is 0 Å². The van der Waals surface area contributed by atoms with Gasteiger partial charge in [-0.15, -0.1) is 0 Å². The third kappa shape index (κ3) is 4.79. The normalized spacial score (nSPS) is 17.4. The Hall–Kier alpha value is -2.89. The van der Waals surface area contributed by atoms with Crippen LogP contribution >= 0.6 is 0 Å². The molecule has 1 fully saturated rings. The minimum Gasteiger partial charge on any atom is -0.476 e. The number of fused-ring (bicyclic) bond motifs is 3. The Bertz CT molecular complexity index is 1120. The average molecular weight is 432 g/mol. The van der Waals surface area contributed by atoms with Gasteiger partial charge in [-0.3, -0.25) is 4.79 Å². The smallest absolute Gasteiger partial charge is 0.197 e. The van der Waals surface area contributed by atoms with Crippen molar-refractivity contribution in [2.45, 2.75) is 51.5 Å². The number of ether oxygens (including phenoxy) is 3. The molecule has 1 saturated heterocycles. The van der Waals surface area contributed by atoms with Crippen molar-refractivity contribution in [1.82, 2.24) is 4.57 Å². The van der Waals surface area contributed by atoms with E-state index in [9.17, 15) is 4.79 Å². The summed E-state index contributed by atoms with van der Waals surface area (Å²) < 4.78 is 19.9. The molecule has 1 unspecified atom stereocenters. The molecule has 0 bridgehead atoms. The first-order valence-electron chi connectivity index (χ1n) is 11.5. The first-order valence-corrected chi connectivity index (χ1v) is 11.5. The quantitative estimate of drug-likeness (QED) is 0.542. The Morgan fingerprint density at radius 1 is 0.969 bits per heavy atom. The summed E-state index contributed by atoms with van der Waals surface area (Å²) >= 11 is 0. The first-order chi connectivity index (χ1) is 15.8. The van der Waals surface area contributed by atoms with Crippen molar-refractivity contribution in [2.24, 2.45) is 0 Å². The summed E-state index contributed by atoms with van der Waals surface area (Å²) in [4.78, 5) is 12.4. The molecular formula is C27H29NO4. The van der Waals surface area contributed by atoms with E-state index in [2.05, 4.69) is 34.9 Å². The van der Waals surface area contributed by atoms with Gasteiger partial charge in [0, 0.05) is 30.8 Å². The second kappa shape index (κ2) is 9.72. The lowest BCUT2D eigenvalue weighted by atomic mass is 9.95. The minimum absolute atomic E-state index is 0.0288. The molecule has 0 amide bonds. The summed E-state index contributed by atoms with van der Waals surface area (Å²) in [6.45, 7) is 3.25. The Labute approximate surface area is 188 Å². The van der Waals surface area contributed by atoms with Gasteiger partial charge in [0.05, 0.1) is 25.0 Å². The fourth-order valence-corrected chi connectivity index (χ4v) is 4.55. The molecule has 5 nitrogen and oxygen atoms in total. The van der Waals surface area contributed by atoms with Crippen LogP contribution in [0.4, 0.5) is 0 Å². The van der Waals surface area contributed by atoms with Crippen molar-refractivity contribution in [2.75, 3.05) is 13.2 Å². The van der Waals surface area contributed by atoms with Gasteiger partial charge in [0.15, 0.2) is 11.3 Å². The molecular weight excluding hydrogens is 402 g/mol. The summed E-state index contributed by atoms with van der Waals surface area (Å²) in [5, 5.41) is 0. The van der Waals surface area contributed by atoms with E-state index in [1.807, 2.05) is 18.2 Å². The monoisotopic (exact) mass is 431 g/mol. The highest BCUT2D eigenvalue weighted by atomic mass is 16.5. The van der Waals surface area contributed by atoms with Gasteiger partial charge in [-0.25, -0.2) is 0 Å². The van der Waals surface area contributed by atoms with E-state index in [-0.39, 0.29) is 11.5 Å². The van der Waals surface area contributed by atoms with Gasteiger partial charge in [-0.05, 0) is 42.4 Å². The van der Waals surface area contributed by atoms with E-state index < -0.39 is 0 Å². The standard InChI is InChI=1S/C27H29NO4/c29-23-15-26-25-10-9-21(18-30-17-20-6-2-1-3-7-20)14-22(25)11-12-28(26)27(16-23)32-19-24-8-4-5-13-31-24/h1-3,6-7,9-10,14-16,24H,4-5,8,11-13,17-19H2. The third-order valence-electron chi connectivity index (χ3n) is 6.22. The molecule has 0 spiro atoms. The molecule has 5 heteroatoms. The molecule has 0 aliphatic carbocycles. The van der Waals surface area contributed by atoms with E-state index in [0.717, 1.165) is 49.2 Å². The lowest BCUT2D eigenvalue weighted by Gasteiger charge is -2.27. The SMILES string of the molecule is O=c1cc(OCC2CCCCO2)n2c(c1)-c1ccc(COCc3ccccc3)cc1CC2.